The van der Waals surface area contributed by atoms with E-state index in [9.17, 15) is 14.0 Å². The molecule has 2 aliphatic heterocycles. The van der Waals surface area contributed by atoms with Gasteiger partial charge < -0.3 is 9.80 Å². The van der Waals surface area contributed by atoms with E-state index in [4.69, 9.17) is 4.98 Å². The molecule has 42 heavy (non-hydrogen) atoms. The third kappa shape index (κ3) is 5.97. The standard InChI is InChI=1S/C35H35FN4O2/c1-25-22-28(12-13-31(25)36)34(41)39-16-14-30(15-17-39)38-18-20-40(21-19-38)35(42)29-23-32(26-8-4-2-5-9-26)37-33(24-29)27-10-6-3-7-11-27/h2-13,22-24,30H,14-21H2,1H3. The highest BCUT2D eigenvalue weighted by Gasteiger charge is 2.31. The lowest BCUT2D eigenvalue weighted by Crippen LogP contribution is -2.54. The lowest BCUT2D eigenvalue weighted by atomic mass is 10.0. The van der Waals surface area contributed by atoms with Gasteiger partial charge in [-0.15, -0.1) is 0 Å². The van der Waals surface area contributed by atoms with Gasteiger partial charge in [0, 0.05) is 67.6 Å². The molecule has 0 saturated carbocycles. The molecule has 3 aromatic carbocycles. The van der Waals surface area contributed by atoms with Crippen LogP contribution in [0.4, 0.5) is 4.39 Å². The monoisotopic (exact) mass is 562 g/mol. The highest BCUT2D eigenvalue weighted by molar-refractivity contribution is 5.96. The summed E-state index contributed by atoms with van der Waals surface area (Å²) >= 11 is 0. The van der Waals surface area contributed by atoms with Gasteiger partial charge in [0.2, 0.25) is 0 Å². The van der Waals surface area contributed by atoms with Crippen molar-refractivity contribution in [2.45, 2.75) is 25.8 Å². The number of piperidine rings is 1. The van der Waals surface area contributed by atoms with Crippen molar-refractivity contribution in [3.05, 3.63) is 114 Å². The molecule has 6 nitrogen and oxygen atoms in total. The Balaban J connectivity index is 1.10. The van der Waals surface area contributed by atoms with E-state index in [1.807, 2.05) is 82.6 Å². The van der Waals surface area contributed by atoms with Crippen LogP contribution in [0.25, 0.3) is 22.5 Å². The van der Waals surface area contributed by atoms with Gasteiger partial charge in [0.1, 0.15) is 5.82 Å². The molecule has 2 saturated heterocycles. The van der Waals surface area contributed by atoms with Crippen LogP contribution in [0.2, 0.25) is 0 Å². The molecule has 7 heteroatoms. The van der Waals surface area contributed by atoms with E-state index >= 15 is 0 Å². The molecule has 0 spiro atoms. The number of piperazine rings is 1. The molecule has 2 fully saturated rings. The Hall–Kier alpha value is -4.36. The summed E-state index contributed by atoms with van der Waals surface area (Å²) in [6, 6.07) is 28.7. The Morgan fingerprint density at radius 1 is 0.667 bits per heavy atom. The summed E-state index contributed by atoms with van der Waals surface area (Å²) in [5.74, 6) is -0.296. The maximum atomic E-state index is 13.8. The first-order chi connectivity index (χ1) is 20.5. The van der Waals surface area contributed by atoms with Gasteiger partial charge in [-0.2, -0.15) is 0 Å². The molecule has 0 unspecified atom stereocenters. The minimum atomic E-state index is -0.292. The zero-order chi connectivity index (χ0) is 29.1. The number of pyridine rings is 1. The molecular formula is C35H35FN4O2. The SMILES string of the molecule is Cc1cc(C(=O)N2CCC(N3CCN(C(=O)c4cc(-c5ccccc5)nc(-c5ccccc5)c4)CC3)CC2)ccc1F. The van der Waals surface area contributed by atoms with Gasteiger partial charge in [-0.1, -0.05) is 60.7 Å². The molecule has 0 radical (unpaired) electrons. The lowest BCUT2D eigenvalue weighted by molar-refractivity contribution is 0.0412. The molecule has 2 amide bonds. The van der Waals surface area contributed by atoms with Gasteiger partial charge in [-0.05, 0) is 55.7 Å². The van der Waals surface area contributed by atoms with Crippen molar-refractivity contribution in [1.29, 1.82) is 0 Å². The van der Waals surface area contributed by atoms with Crippen LogP contribution in [-0.4, -0.2) is 76.8 Å². The van der Waals surface area contributed by atoms with Crippen LogP contribution < -0.4 is 0 Å². The number of rotatable bonds is 5. The van der Waals surface area contributed by atoms with Gasteiger partial charge in [-0.3, -0.25) is 14.5 Å². The fraction of sp³-hybridized carbons (Fsp3) is 0.286. The van der Waals surface area contributed by atoms with E-state index in [0.717, 1.165) is 48.4 Å². The van der Waals surface area contributed by atoms with Crippen LogP contribution in [0.5, 0.6) is 0 Å². The van der Waals surface area contributed by atoms with Gasteiger partial charge >= 0.3 is 0 Å². The quantitative estimate of drug-likeness (QED) is 0.303. The van der Waals surface area contributed by atoms with Crippen LogP contribution in [0.15, 0.2) is 91.0 Å². The Morgan fingerprint density at radius 3 is 1.74 bits per heavy atom. The van der Waals surface area contributed by atoms with Crippen molar-refractivity contribution in [3.63, 3.8) is 0 Å². The highest BCUT2D eigenvalue weighted by atomic mass is 19.1. The van der Waals surface area contributed by atoms with E-state index in [1.165, 1.54) is 6.07 Å². The molecular weight excluding hydrogens is 527 g/mol. The number of amides is 2. The maximum Gasteiger partial charge on any atom is 0.254 e. The smallest absolute Gasteiger partial charge is 0.254 e. The maximum absolute atomic E-state index is 13.8. The summed E-state index contributed by atoms with van der Waals surface area (Å²) in [6.07, 6.45) is 1.79. The fourth-order valence-electron chi connectivity index (χ4n) is 6.03. The van der Waals surface area contributed by atoms with Crippen molar-refractivity contribution < 1.29 is 14.0 Å². The molecule has 4 aromatic rings. The van der Waals surface area contributed by atoms with Crippen LogP contribution in [0.3, 0.4) is 0 Å². The van der Waals surface area contributed by atoms with Gasteiger partial charge in [0.15, 0.2) is 0 Å². The summed E-state index contributed by atoms with van der Waals surface area (Å²) < 4.78 is 13.7. The number of benzene rings is 3. The predicted octanol–water partition coefficient (Wildman–Crippen LogP) is 5.93. The molecule has 0 atom stereocenters. The molecule has 1 aromatic heterocycles. The van der Waals surface area contributed by atoms with Gasteiger partial charge in [0.25, 0.3) is 11.8 Å². The van der Waals surface area contributed by atoms with Crippen molar-refractivity contribution >= 4 is 11.8 Å². The van der Waals surface area contributed by atoms with Crippen molar-refractivity contribution in [2.24, 2.45) is 0 Å². The molecule has 0 bridgehead atoms. The van der Waals surface area contributed by atoms with Crippen molar-refractivity contribution in [3.8, 4) is 22.5 Å². The second-order valence-corrected chi connectivity index (χ2v) is 11.2. The molecule has 214 valence electrons. The number of carbonyl (C=O) groups excluding carboxylic acids is 2. The summed E-state index contributed by atoms with van der Waals surface area (Å²) in [7, 11) is 0. The Labute approximate surface area is 246 Å². The number of hydrogen-bond donors (Lipinski definition) is 0. The average Bonchev–Trinajstić information content (AvgIpc) is 3.06. The molecule has 3 heterocycles. The Bertz CT molecular complexity index is 1500. The third-order valence-corrected chi connectivity index (χ3v) is 8.49. The first-order valence-corrected chi connectivity index (χ1v) is 14.7. The summed E-state index contributed by atoms with van der Waals surface area (Å²) in [6.45, 7) is 5.99. The van der Waals surface area contributed by atoms with Crippen LogP contribution in [0, 0.1) is 12.7 Å². The third-order valence-electron chi connectivity index (χ3n) is 8.49. The largest absolute Gasteiger partial charge is 0.339 e. The normalized spacial score (nSPS) is 16.4. The van der Waals surface area contributed by atoms with E-state index in [2.05, 4.69) is 4.90 Å². The lowest BCUT2D eigenvalue weighted by Gasteiger charge is -2.42. The van der Waals surface area contributed by atoms with Gasteiger partial charge in [0.05, 0.1) is 11.4 Å². The number of halogens is 1. The predicted molar refractivity (Wildman–Crippen MR) is 163 cm³/mol. The number of nitrogens with zero attached hydrogens (tertiary/aromatic N) is 4. The average molecular weight is 563 g/mol. The first-order valence-electron chi connectivity index (χ1n) is 14.7. The van der Waals surface area contributed by atoms with Crippen molar-refractivity contribution in [2.75, 3.05) is 39.3 Å². The number of likely N-dealkylation sites (tertiary alicyclic amines) is 1. The zero-order valence-electron chi connectivity index (χ0n) is 23.9. The minimum absolute atomic E-state index is 0.0291. The summed E-state index contributed by atoms with van der Waals surface area (Å²) in [5, 5.41) is 0. The van der Waals surface area contributed by atoms with E-state index < -0.39 is 0 Å². The number of aromatic nitrogens is 1. The van der Waals surface area contributed by atoms with Crippen LogP contribution in [0.1, 0.15) is 39.1 Å². The highest BCUT2D eigenvalue weighted by Crippen LogP contribution is 2.27. The second kappa shape index (κ2) is 12.2. The van der Waals surface area contributed by atoms with Crippen LogP contribution >= 0.6 is 0 Å². The molecule has 2 aliphatic rings. The van der Waals surface area contributed by atoms with Crippen molar-refractivity contribution in [1.82, 2.24) is 19.7 Å². The van der Waals surface area contributed by atoms with Crippen LogP contribution in [-0.2, 0) is 0 Å². The number of carbonyl (C=O) groups is 2. The van der Waals surface area contributed by atoms with E-state index in [1.54, 1.807) is 19.1 Å². The minimum Gasteiger partial charge on any atom is -0.339 e. The summed E-state index contributed by atoms with van der Waals surface area (Å²) in [5.41, 5.74) is 5.22. The zero-order valence-corrected chi connectivity index (χ0v) is 23.9. The molecule has 0 N–H and O–H groups in total. The van der Waals surface area contributed by atoms with Gasteiger partial charge in [-0.25, -0.2) is 9.37 Å². The Kier molecular flexibility index (Phi) is 8.11. The topological polar surface area (TPSA) is 56.8 Å². The number of hydrogen-bond acceptors (Lipinski definition) is 4. The summed E-state index contributed by atoms with van der Waals surface area (Å²) in [4.78, 5) is 37.9. The first kappa shape index (κ1) is 27.8. The fourth-order valence-corrected chi connectivity index (χ4v) is 6.03. The van der Waals surface area contributed by atoms with E-state index in [0.29, 0.717) is 48.9 Å². The number of aryl methyl sites for hydroxylation is 1. The Morgan fingerprint density at radius 2 is 1.19 bits per heavy atom. The molecule has 0 aliphatic carbocycles. The van der Waals surface area contributed by atoms with E-state index in [-0.39, 0.29) is 17.6 Å². The second-order valence-electron chi connectivity index (χ2n) is 11.2. The molecule has 6 rings (SSSR count).